The predicted octanol–water partition coefficient (Wildman–Crippen LogP) is 35.2. The fourth-order valence-electron chi connectivity index (χ4n) is 21.5. The van der Waals surface area contributed by atoms with Crippen LogP contribution in [-0.2, 0) is 38.9 Å². The molecular formula is C132H127BN4. The molecule has 5 heteroatoms. The van der Waals surface area contributed by atoms with Gasteiger partial charge in [-0.2, -0.15) is 0 Å². The molecule has 678 valence electrons. The third kappa shape index (κ3) is 16.5. The number of hydrogen-bond acceptors (Lipinski definition) is 2. The van der Waals surface area contributed by atoms with Crippen molar-refractivity contribution >= 4 is 101 Å². The summed E-state index contributed by atoms with van der Waals surface area (Å²) < 4.78 is 5.21. The molecule has 0 amide bonds. The average molecular weight is 1780 g/mol. The molecule has 21 rings (SSSR count). The molecule has 0 aliphatic carbocycles. The zero-order chi connectivity index (χ0) is 95.1. The van der Waals surface area contributed by atoms with Crippen LogP contribution in [0.5, 0.6) is 0 Å². The molecular weight excluding hydrogens is 1650 g/mol. The molecule has 0 unspecified atom stereocenters. The van der Waals surface area contributed by atoms with Crippen molar-refractivity contribution in [1.82, 2.24) is 9.13 Å². The molecule has 4 nitrogen and oxygen atoms in total. The van der Waals surface area contributed by atoms with E-state index in [-0.39, 0.29) is 39.2 Å². The quantitative estimate of drug-likeness (QED) is 0.0667. The van der Waals surface area contributed by atoms with Crippen molar-refractivity contribution in [1.29, 1.82) is 0 Å². The van der Waals surface area contributed by atoms with Gasteiger partial charge in [-0.1, -0.05) is 406 Å². The molecule has 0 radical (unpaired) electrons. The van der Waals surface area contributed by atoms with Gasteiger partial charge in [0.2, 0.25) is 0 Å². The van der Waals surface area contributed by atoms with Crippen molar-refractivity contribution in [2.75, 3.05) is 9.80 Å². The first-order valence-electron chi connectivity index (χ1n) is 49.9. The smallest absolute Gasteiger partial charge is 0.252 e. The van der Waals surface area contributed by atoms with E-state index in [2.05, 4.69) is 514 Å². The maximum atomic E-state index is 2.82. The summed E-state index contributed by atoms with van der Waals surface area (Å²) in [5.41, 5.74) is 44.3. The van der Waals surface area contributed by atoms with Gasteiger partial charge in [-0.25, -0.2) is 0 Å². The fraction of sp³-hybridized carbons (Fsp3) is 0.227. The highest BCUT2D eigenvalue weighted by atomic mass is 15.2. The minimum absolute atomic E-state index is 0.0942. The number of hydrogen-bond donors (Lipinski definition) is 0. The van der Waals surface area contributed by atoms with Crippen LogP contribution < -0.4 is 26.2 Å². The highest BCUT2D eigenvalue weighted by molar-refractivity contribution is 7.00. The molecule has 0 saturated heterocycles. The Labute approximate surface area is 813 Å². The molecule has 17 aromatic carbocycles. The van der Waals surface area contributed by atoms with Crippen molar-refractivity contribution in [2.45, 2.75) is 196 Å². The Morgan fingerprint density at radius 2 is 0.474 bits per heavy atom. The molecule has 137 heavy (non-hydrogen) atoms. The highest BCUT2D eigenvalue weighted by Gasteiger charge is 2.47. The largest absolute Gasteiger partial charge is 0.310 e. The summed E-state index contributed by atoms with van der Waals surface area (Å²) >= 11 is 0. The van der Waals surface area contributed by atoms with Gasteiger partial charge in [0.25, 0.3) is 6.71 Å². The summed E-state index contributed by atoms with van der Waals surface area (Å²) in [6.45, 7) is 44.7. The van der Waals surface area contributed by atoms with Gasteiger partial charge in [-0.3, -0.25) is 0 Å². The second-order valence-corrected chi connectivity index (χ2v) is 45.2. The van der Waals surface area contributed by atoms with Crippen LogP contribution >= 0.6 is 0 Å². The van der Waals surface area contributed by atoms with Crippen molar-refractivity contribution < 1.29 is 0 Å². The van der Waals surface area contributed by atoms with Crippen LogP contribution in [0.25, 0.3) is 144 Å². The first-order chi connectivity index (χ1) is 65.7. The van der Waals surface area contributed by atoms with E-state index in [9.17, 15) is 0 Å². The summed E-state index contributed by atoms with van der Waals surface area (Å²) in [4.78, 5) is 5.64. The van der Waals surface area contributed by atoms with Gasteiger partial charge in [0.15, 0.2) is 0 Å². The van der Waals surface area contributed by atoms with Gasteiger partial charge in [-0.05, 0) is 277 Å². The van der Waals surface area contributed by atoms with E-state index in [0.717, 1.165) is 111 Å². The number of nitrogens with zero attached hydrogens (tertiary/aromatic N) is 4. The standard InChI is InChI=1S/C132H127BN4/c1-20-21-22-27-36-85-73-122-124-123(74-85)137(126-108(96-57-49-92(50-58-96)88-41-32-25-33-42-88)81-103(132(17,18)19)82-109(126)97-59-51-93(52-60-97)89-43-34-26-35-44-89)121-84-105(135-118-71-63-100(129(8,9)10)77-112(118)113-78-101(130(11,12)13)64-72-119(113)135)66-68-115(121)133(124)114-67-65-104(134-116-69-61-98(127(2,3)4)75-110(116)111-76-99(128(5,6)7)62-70-117(111)134)83-120(114)136(122)125-106(94-53-45-90(46-54-94)86-37-28-23-29-38-86)79-102(131(14,15)16)80-107(125)95-55-47-91(48-56-95)87-39-30-24-31-40-87/h23-26,28-35,37-84H,20-22,27,36H2,1-19H3. The van der Waals surface area contributed by atoms with E-state index in [1.165, 1.54) is 155 Å². The van der Waals surface area contributed by atoms with E-state index in [4.69, 9.17) is 0 Å². The lowest BCUT2D eigenvalue weighted by molar-refractivity contribution is 0.590. The van der Waals surface area contributed by atoms with Gasteiger partial charge >= 0.3 is 0 Å². The average Bonchev–Trinajstić information content (AvgIpc) is 1.14. The molecule has 0 fully saturated rings. The predicted molar refractivity (Wildman–Crippen MR) is 593 cm³/mol. The van der Waals surface area contributed by atoms with Gasteiger partial charge in [0.1, 0.15) is 0 Å². The summed E-state index contributed by atoms with van der Waals surface area (Å²) in [6.07, 6.45) is 5.28. The van der Waals surface area contributed by atoms with E-state index in [0.29, 0.717) is 0 Å². The highest BCUT2D eigenvalue weighted by Crippen LogP contribution is 2.57. The van der Waals surface area contributed by atoms with Crippen LogP contribution in [0.2, 0.25) is 0 Å². The minimum atomic E-state index is -0.314. The summed E-state index contributed by atoms with van der Waals surface area (Å²) in [5, 5.41) is 5.03. The van der Waals surface area contributed by atoms with Gasteiger partial charge < -0.3 is 18.9 Å². The molecule has 4 heterocycles. The van der Waals surface area contributed by atoms with Crippen LogP contribution in [0.15, 0.2) is 364 Å². The first-order valence-corrected chi connectivity index (χ1v) is 49.9. The number of fused-ring (bicyclic) bond motifs is 10. The van der Waals surface area contributed by atoms with Crippen molar-refractivity contribution in [3.05, 3.63) is 403 Å². The molecule has 2 aromatic heterocycles. The second-order valence-electron chi connectivity index (χ2n) is 45.2. The minimum Gasteiger partial charge on any atom is -0.310 e. The van der Waals surface area contributed by atoms with E-state index < -0.39 is 0 Å². The molecule has 19 aromatic rings. The van der Waals surface area contributed by atoms with Crippen molar-refractivity contribution in [3.63, 3.8) is 0 Å². The molecule has 2 aliphatic rings. The number of aryl methyl sites for hydroxylation is 1. The maximum Gasteiger partial charge on any atom is 0.252 e. The lowest BCUT2D eigenvalue weighted by atomic mass is 9.33. The van der Waals surface area contributed by atoms with E-state index in [1.54, 1.807) is 0 Å². The van der Waals surface area contributed by atoms with Crippen LogP contribution in [0, 0.1) is 0 Å². The molecule has 0 saturated carbocycles. The Bertz CT molecular complexity index is 7030. The number of anilines is 6. The molecule has 2 aliphatic heterocycles. The topological polar surface area (TPSA) is 16.3 Å². The third-order valence-electron chi connectivity index (χ3n) is 29.5. The second kappa shape index (κ2) is 34.4. The van der Waals surface area contributed by atoms with E-state index in [1.807, 2.05) is 0 Å². The van der Waals surface area contributed by atoms with Crippen LogP contribution in [0.3, 0.4) is 0 Å². The van der Waals surface area contributed by atoms with Gasteiger partial charge in [0.05, 0.1) is 33.4 Å². The zero-order valence-corrected chi connectivity index (χ0v) is 83.5. The van der Waals surface area contributed by atoms with E-state index >= 15 is 0 Å². The molecule has 0 atom stereocenters. The Hall–Kier alpha value is -14.0. The lowest BCUT2D eigenvalue weighted by Gasteiger charge is -2.46. The Kier molecular flexibility index (Phi) is 22.5. The number of benzene rings is 17. The Balaban J connectivity index is 0.942. The van der Waals surface area contributed by atoms with Crippen LogP contribution in [-0.4, -0.2) is 15.8 Å². The lowest BCUT2D eigenvalue weighted by Crippen LogP contribution is -2.61. The maximum absolute atomic E-state index is 2.82. The molecule has 0 spiro atoms. The molecule has 0 N–H and O–H groups in total. The Morgan fingerprint density at radius 1 is 0.219 bits per heavy atom. The van der Waals surface area contributed by atoms with Crippen LogP contribution in [0.4, 0.5) is 34.1 Å². The van der Waals surface area contributed by atoms with Crippen molar-refractivity contribution in [2.24, 2.45) is 0 Å². The number of rotatable bonds is 17. The summed E-state index contributed by atoms with van der Waals surface area (Å²) in [7, 11) is 0. The first kappa shape index (κ1) is 89.5. The number of unbranched alkanes of at least 4 members (excludes halogenated alkanes) is 3. The zero-order valence-electron chi connectivity index (χ0n) is 83.5. The molecule has 0 bridgehead atoms. The normalized spacial score (nSPS) is 13.0. The van der Waals surface area contributed by atoms with Gasteiger partial charge in [-0.15, -0.1) is 0 Å². The Morgan fingerprint density at radius 3 is 0.730 bits per heavy atom. The van der Waals surface area contributed by atoms with Crippen LogP contribution in [0.1, 0.15) is 196 Å². The summed E-state index contributed by atoms with van der Waals surface area (Å²) in [5.74, 6) is 0. The van der Waals surface area contributed by atoms with Crippen molar-refractivity contribution in [3.8, 4) is 100 Å². The fourth-order valence-corrected chi connectivity index (χ4v) is 21.5. The SMILES string of the molecule is CCCCCCc1cc2c3c(c1)N(c1c(-c4ccc(-c5ccccc5)cc4)cc(C(C)(C)C)cc1-c1ccc(-c4ccccc4)cc1)c1cc(-n4c5ccc(C(C)(C)C)cc5c5cc(C(C)(C)C)ccc54)ccc1B3c1ccc(-n3c4ccc(C(C)(C)C)cc4c4cc(C(C)(C)C)ccc43)cc1N2c1c(-c2ccc(-c3ccccc3)cc2)cc(C(C)(C)C)cc1-c1ccc(-c2ccccc2)cc1. The number of aromatic nitrogens is 2. The van der Waals surface area contributed by atoms with Gasteiger partial charge in [0, 0.05) is 77.9 Å². The third-order valence-corrected chi connectivity index (χ3v) is 29.5. The monoisotopic (exact) mass is 1780 g/mol. The summed E-state index contributed by atoms with van der Waals surface area (Å²) in [6, 6.07) is 142.